The molecule has 0 atom stereocenters. The van der Waals surface area contributed by atoms with Gasteiger partial charge >= 0.3 is 6.55 Å². The van der Waals surface area contributed by atoms with Gasteiger partial charge in [0.25, 0.3) is 10.0 Å². The Hall–Kier alpha value is -3.98. The van der Waals surface area contributed by atoms with Crippen LogP contribution in [0.4, 0.5) is 26.1 Å². The third-order valence-electron chi connectivity index (χ3n) is 7.96. The van der Waals surface area contributed by atoms with Crippen LogP contribution >= 0.6 is 0 Å². The van der Waals surface area contributed by atoms with Gasteiger partial charge in [-0.05, 0) is 76.1 Å². The number of rotatable bonds is 12. The third kappa shape index (κ3) is 6.67. The van der Waals surface area contributed by atoms with Crippen LogP contribution in [0, 0.1) is 11.8 Å². The van der Waals surface area contributed by atoms with E-state index in [4.69, 9.17) is 0 Å². The van der Waals surface area contributed by atoms with Crippen molar-refractivity contribution in [2.45, 2.75) is 50.3 Å². The highest BCUT2D eigenvalue weighted by Gasteiger charge is 2.37. The summed E-state index contributed by atoms with van der Waals surface area (Å²) < 4.78 is 53.1. The van der Waals surface area contributed by atoms with Crippen molar-refractivity contribution in [1.29, 1.82) is 0 Å². The molecule has 4 aromatic rings. The number of hydrogen-bond acceptors (Lipinski definition) is 10. The van der Waals surface area contributed by atoms with Gasteiger partial charge in [-0.1, -0.05) is 0 Å². The normalized spacial score (nSPS) is 19.1. The van der Waals surface area contributed by atoms with Gasteiger partial charge in [0.05, 0.1) is 28.9 Å². The van der Waals surface area contributed by atoms with Gasteiger partial charge in [-0.2, -0.15) is 23.1 Å². The minimum atomic E-state index is -3.50. The lowest BCUT2D eigenvalue weighted by molar-refractivity contribution is 0.0568. The molecule has 12 nitrogen and oxygen atoms in total. The van der Waals surface area contributed by atoms with Crippen LogP contribution in [0.2, 0.25) is 0 Å². The average Bonchev–Trinajstić information content (AvgIpc) is 3.54. The van der Waals surface area contributed by atoms with Crippen LogP contribution in [0.5, 0.6) is 0 Å². The predicted molar refractivity (Wildman–Crippen MR) is 158 cm³/mol. The van der Waals surface area contributed by atoms with Crippen molar-refractivity contribution in [3.8, 4) is 22.6 Å². The Bertz CT molecular complexity index is 1660. The third-order valence-corrected chi connectivity index (χ3v) is 10.00. The van der Waals surface area contributed by atoms with Crippen LogP contribution in [0.15, 0.2) is 49.2 Å². The Kier molecular flexibility index (Phi) is 8.34. The molecule has 2 fully saturated rings. The number of pyridine rings is 1. The molecule has 0 spiro atoms. The summed E-state index contributed by atoms with van der Waals surface area (Å²) in [5.41, 5.74) is 2.19. The average molecular weight is 613 g/mol. The molecule has 4 aromatic heterocycles. The van der Waals surface area contributed by atoms with E-state index in [9.17, 15) is 17.2 Å². The second-order valence-electron chi connectivity index (χ2n) is 11.1. The van der Waals surface area contributed by atoms with Gasteiger partial charge in [-0.15, -0.1) is 0 Å². The van der Waals surface area contributed by atoms with Crippen LogP contribution in [0.1, 0.15) is 45.1 Å². The molecule has 0 aliphatic heterocycles. The van der Waals surface area contributed by atoms with E-state index >= 15 is 0 Å². The molecule has 6 rings (SSSR count). The van der Waals surface area contributed by atoms with Gasteiger partial charge in [-0.25, -0.2) is 28.1 Å². The van der Waals surface area contributed by atoms with Gasteiger partial charge in [0.15, 0.2) is 5.82 Å². The first-order chi connectivity index (χ1) is 20.8. The van der Waals surface area contributed by atoms with Gasteiger partial charge in [0.1, 0.15) is 11.6 Å². The molecule has 2 saturated carbocycles. The summed E-state index contributed by atoms with van der Waals surface area (Å²) in [6.07, 6.45) is 13.1. The van der Waals surface area contributed by atoms with E-state index in [1.165, 1.54) is 31.4 Å². The molecule has 0 amide bonds. The highest BCUT2D eigenvalue weighted by atomic mass is 32.2. The fourth-order valence-electron chi connectivity index (χ4n) is 5.42. The maximum Gasteiger partial charge on any atom is 0.333 e. The zero-order valence-corrected chi connectivity index (χ0v) is 24.5. The molecule has 3 N–H and O–H groups in total. The smallest absolute Gasteiger partial charge is 0.333 e. The highest BCUT2D eigenvalue weighted by molar-refractivity contribution is 7.90. The lowest BCUT2D eigenvalue weighted by atomic mass is 9.82. The van der Waals surface area contributed by atoms with Crippen molar-refractivity contribution >= 4 is 27.3 Å². The number of nitrogens with one attached hydrogen (secondary N) is 3. The number of nitrogens with zero attached hydrogens (tertiary/aromatic N) is 7. The maximum absolute atomic E-state index is 13.2. The molecule has 2 aliphatic carbocycles. The molecule has 15 heteroatoms. The summed E-state index contributed by atoms with van der Waals surface area (Å²) in [5, 5.41) is 17.7. The lowest BCUT2D eigenvalue weighted by Gasteiger charge is -2.29. The molecule has 0 aromatic carbocycles. The molecule has 0 radical (unpaired) electrons. The van der Waals surface area contributed by atoms with Crippen LogP contribution in [-0.2, 0) is 10.0 Å². The molecule has 43 heavy (non-hydrogen) atoms. The summed E-state index contributed by atoms with van der Waals surface area (Å²) in [7, 11) is -1.52. The first kappa shape index (κ1) is 29.1. The number of anilines is 3. The number of alkyl halides is 2. The quantitative estimate of drug-likeness (QED) is 0.209. The molecule has 0 bridgehead atoms. The summed E-state index contributed by atoms with van der Waals surface area (Å²) in [6.45, 7) is -0.966. The minimum Gasteiger partial charge on any atom is -0.384 e. The summed E-state index contributed by atoms with van der Waals surface area (Å²) in [5.74, 6) is 2.43. The van der Waals surface area contributed by atoms with Gasteiger partial charge < -0.3 is 16.0 Å². The first-order valence-electron chi connectivity index (χ1n) is 14.4. The van der Waals surface area contributed by atoms with Crippen molar-refractivity contribution in [2.75, 3.05) is 30.8 Å². The van der Waals surface area contributed by atoms with Gasteiger partial charge in [0, 0.05) is 42.5 Å². The minimum absolute atomic E-state index is 0.309. The fraction of sp³-hybridized carbons (Fsp3) is 0.464. The van der Waals surface area contributed by atoms with Gasteiger partial charge in [-0.3, -0.25) is 0 Å². The van der Waals surface area contributed by atoms with Crippen molar-refractivity contribution in [1.82, 2.24) is 39.2 Å². The molecule has 0 saturated heterocycles. The monoisotopic (exact) mass is 612 g/mol. The van der Waals surface area contributed by atoms with Gasteiger partial charge in [0.2, 0.25) is 0 Å². The molecular weight excluding hydrogens is 578 g/mol. The fourth-order valence-corrected chi connectivity index (χ4v) is 6.90. The predicted octanol–water partition coefficient (Wildman–Crippen LogP) is 4.52. The standard InChI is InChI=1S/C28H34F2N10O2S/c1-31-13-18-2-4-19(5-3-18)14-33-24-12-26(34-16-22(24)23-9-11-39(38-23)28(29)30)36-25-8-10-32-27(37-25)20-15-35-40(17-20)43(41,42)21-6-7-21/h8-12,15-19,21,28,31H,2-7,13-14H2,1H3,(H2,32,33,34,36,37). The van der Waals surface area contributed by atoms with Crippen LogP contribution in [0.25, 0.3) is 22.6 Å². The summed E-state index contributed by atoms with van der Waals surface area (Å²) >= 11 is 0. The largest absolute Gasteiger partial charge is 0.384 e. The Morgan fingerprint density at radius 3 is 2.47 bits per heavy atom. The van der Waals surface area contributed by atoms with E-state index in [1.807, 2.05) is 13.1 Å². The van der Waals surface area contributed by atoms with E-state index in [0.717, 1.165) is 35.7 Å². The Balaban J connectivity index is 1.21. The Morgan fingerprint density at radius 2 is 1.77 bits per heavy atom. The number of hydrogen-bond donors (Lipinski definition) is 3. The molecule has 2 aliphatic rings. The van der Waals surface area contributed by atoms with E-state index in [1.54, 1.807) is 24.5 Å². The molecular formula is C28H34F2N10O2S. The molecule has 4 heterocycles. The summed E-state index contributed by atoms with van der Waals surface area (Å²) in [4.78, 5) is 13.3. The first-order valence-corrected chi connectivity index (χ1v) is 15.9. The van der Waals surface area contributed by atoms with Crippen molar-refractivity contribution in [3.63, 3.8) is 0 Å². The highest BCUT2D eigenvalue weighted by Crippen LogP contribution is 2.33. The van der Waals surface area contributed by atoms with Crippen LogP contribution in [0.3, 0.4) is 0 Å². The second kappa shape index (κ2) is 12.3. The van der Waals surface area contributed by atoms with E-state index in [2.05, 4.69) is 41.1 Å². The zero-order valence-electron chi connectivity index (χ0n) is 23.7. The molecule has 0 unspecified atom stereocenters. The SMILES string of the molecule is CNCC1CCC(CNc2cc(Nc3ccnc(-c4cnn(S(=O)(=O)C5CC5)c4)n3)ncc2-c2ccn(C(F)F)n2)CC1. The van der Waals surface area contributed by atoms with E-state index in [0.29, 0.717) is 63.6 Å². The topological polar surface area (TPSA) is 145 Å². The van der Waals surface area contributed by atoms with E-state index in [-0.39, 0.29) is 5.25 Å². The zero-order chi connectivity index (χ0) is 30.0. The Morgan fingerprint density at radius 1 is 1.00 bits per heavy atom. The van der Waals surface area contributed by atoms with Crippen molar-refractivity contribution < 1.29 is 17.2 Å². The maximum atomic E-state index is 13.2. The second-order valence-corrected chi connectivity index (χ2v) is 13.2. The van der Waals surface area contributed by atoms with Crippen LogP contribution in [-0.4, -0.2) is 67.7 Å². The van der Waals surface area contributed by atoms with Crippen molar-refractivity contribution in [3.05, 3.63) is 49.2 Å². The molecule has 228 valence electrons. The Labute approximate surface area is 248 Å². The van der Waals surface area contributed by atoms with E-state index < -0.39 is 16.6 Å². The lowest BCUT2D eigenvalue weighted by Crippen LogP contribution is -2.26. The van der Waals surface area contributed by atoms with Crippen LogP contribution < -0.4 is 16.0 Å². The summed E-state index contributed by atoms with van der Waals surface area (Å²) in [6, 6.07) is 5.03. The van der Waals surface area contributed by atoms with Crippen molar-refractivity contribution in [2.24, 2.45) is 11.8 Å². The number of aromatic nitrogens is 7. The number of halogens is 2.